The summed E-state index contributed by atoms with van der Waals surface area (Å²) in [5.41, 5.74) is 2.13. The summed E-state index contributed by atoms with van der Waals surface area (Å²) in [7, 11) is 1.64. The summed E-state index contributed by atoms with van der Waals surface area (Å²) in [5.74, 6) is 2.27. The second kappa shape index (κ2) is 11.0. The topological polar surface area (TPSA) is 67.8 Å². The fourth-order valence-electron chi connectivity index (χ4n) is 2.45. The van der Waals surface area contributed by atoms with Crippen LogP contribution in [-0.4, -0.2) is 37.7 Å². The Labute approximate surface area is 155 Å². The van der Waals surface area contributed by atoms with Gasteiger partial charge in [0, 0.05) is 31.4 Å². The van der Waals surface area contributed by atoms with Gasteiger partial charge in [0.25, 0.3) is 0 Å². The molecule has 0 atom stereocenters. The molecule has 26 heavy (non-hydrogen) atoms. The van der Waals surface area contributed by atoms with Crippen molar-refractivity contribution in [2.45, 2.75) is 26.8 Å². The third-order valence-electron chi connectivity index (χ3n) is 3.69. The number of aliphatic imine (C=N–C) groups is 1. The SMILES string of the molecule is CCNC(=NCc1ccc(OC)c(OCC)c1)NCCc1ccccn1. The highest BCUT2D eigenvalue weighted by atomic mass is 16.5. The predicted molar refractivity (Wildman–Crippen MR) is 105 cm³/mol. The van der Waals surface area contributed by atoms with E-state index in [2.05, 4.69) is 27.5 Å². The van der Waals surface area contributed by atoms with Crippen LogP contribution in [0.4, 0.5) is 0 Å². The number of aromatic nitrogens is 1. The molecule has 2 N–H and O–H groups in total. The van der Waals surface area contributed by atoms with Crippen LogP contribution in [0.5, 0.6) is 11.5 Å². The van der Waals surface area contributed by atoms with Crippen LogP contribution in [-0.2, 0) is 13.0 Å². The molecule has 140 valence electrons. The Kier molecular flexibility index (Phi) is 8.26. The molecule has 1 aromatic carbocycles. The van der Waals surface area contributed by atoms with Gasteiger partial charge in [0.2, 0.25) is 0 Å². The number of ether oxygens (including phenoxy) is 2. The first-order chi connectivity index (χ1) is 12.8. The molecule has 0 fully saturated rings. The average Bonchev–Trinajstić information content (AvgIpc) is 2.67. The molecule has 6 nitrogen and oxygen atoms in total. The van der Waals surface area contributed by atoms with Gasteiger partial charge < -0.3 is 20.1 Å². The number of rotatable bonds is 9. The lowest BCUT2D eigenvalue weighted by molar-refractivity contribution is 0.310. The second-order valence-corrected chi connectivity index (χ2v) is 5.61. The van der Waals surface area contributed by atoms with Crippen molar-refractivity contribution in [3.63, 3.8) is 0 Å². The maximum absolute atomic E-state index is 5.63. The molecule has 6 heteroatoms. The standard InChI is InChI=1S/C20H28N4O2/c1-4-21-20(23-13-11-17-8-6-7-12-22-17)24-15-16-9-10-18(25-3)19(14-16)26-5-2/h6-10,12,14H,4-5,11,13,15H2,1-3H3,(H2,21,23,24). The zero-order chi connectivity index (χ0) is 18.6. The average molecular weight is 356 g/mol. The van der Waals surface area contributed by atoms with Gasteiger partial charge in [-0.05, 0) is 43.7 Å². The molecular weight excluding hydrogens is 328 g/mol. The molecule has 0 bridgehead atoms. The predicted octanol–water partition coefficient (Wildman–Crippen LogP) is 2.79. The van der Waals surface area contributed by atoms with Crippen molar-refractivity contribution in [3.8, 4) is 11.5 Å². The number of pyridine rings is 1. The summed E-state index contributed by atoms with van der Waals surface area (Å²) in [6.45, 7) is 6.75. The smallest absolute Gasteiger partial charge is 0.191 e. The van der Waals surface area contributed by atoms with E-state index in [9.17, 15) is 0 Å². The van der Waals surface area contributed by atoms with Crippen molar-refractivity contribution in [1.82, 2.24) is 15.6 Å². The van der Waals surface area contributed by atoms with E-state index in [1.165, 1.54) is 0 Å². The largest absolute Gasteiger partial charge is 0.493 e. The molecule has 2 rings (SSSR count). The lowest BCUT2D eigenvalue weighted by atomic mass is 10.2. The molecule has 0 aliphatic carbocycles. The summed E-state index contributed by atoms with van der Waals surface area (Å²) >= 11 is 0. The first-order valence-corrected chi connectivity index (χ1v) is 8.98. The van der Waals surface area contributed by atoms with Gasteiger partial charge in [0.1, 0.15) is 0 Å². The third kappa shape index (κ3) is 6.27. The van der Waals surface area contributed by atoms with Crippen molar-refractivity contribution in [2.24, 2.45) is 4.99 Å². The zero-order valence-corrected chi connectivity index (χ0v) is 15.8. The van der Waals surface area contributed by atoms with Gasteiger partial charge >= 0.3 is 0 Å². The monoisotopic (exact) mass is 356 g/mol. The van der Waals surface area contributed by atoms with E-state index in [-0.39, 0.29) is 0 Å². The molecule has 2 aromatic rings. The van der Waals surface area contributed by atoms with Crippen LogP contribution in [0.3, 0.4) is 0 Å². The second-order valence-electron chi connectivity index (χ2n) is 5.61. The molecule has 0 saturated carbocycles. The lowest BCUT2D eigenvalue weighted by Gasteiger charge is -2.12. The normalized spacial score (nSPS) is 11.1. The Balaban J connectivity index is 1.96. The minimum absolute atomic E-state index is 0.559. The van der Waals surface area contributed by atoms with Crippen LogP contribution in [0, 0.1) is 0 Å². The Morgan fingerprint density at radius 2 is 2.00 bits per heavy atom. The number of guanidine groups is 1. The van der Waals surface area contributed by atoms with Crippen molar-refractivity contribution in [1.29, 1.82) is 0 Å². The van der Waals surface area contributed by atoms with E-state index in [1.54, 1.807) is 7.11 Å². The molecule has 0 aliphatic heterocycles. The van der Waals surface area contributed by atoms with Crippen LogP contribution < -0.4 is 20.1 Å². The first kappa shape index (κ1) is 19.6. The Morgan fingerprint density at radius 3 is 2.69 bits per heavy atom. The number of benzene rings is 1. The van der Waals surface area contributed by atoms with E-state index in [0.29, 0.717) is 13.2 Å². The number of methoxy groups -OCH3 is 1. The summed E-state index contributed by atoms with van der Waals surface area (Å²) < 4.78 is 10.9. The molecule has 0 saturated heterocycles. The van der Waals surface area contributed by atoms with Crippen molar-refractivity contribution in [2.75, 3.05) is 26.8 Å². The van der Waals surface area contributed by atoms with Crippen LogP contribution in [0.15, 0.2) is 47.6 Å². The highest BCUT2D eigenvalue weighted by Gasteiger charge is 2.05. The number of hydrogen-bond donors (Lipinski definition) is 2. The van der Waals surface area contributed by atoms with Crippen LogP contribution in [0.2, 0.25) is 0 Å². The van der Waals surface area contributed by atoms with E-state index in [4.69, 9.17) is 9.47 Å². The van der Waals surface area contributed by atoms with Gasteiger partial charge in [0.05, 0.1) is 20.3 Å². The molecular formula is C20H28N4O2. The molecule has 1 aromatic heterocycles. The Morgan fingerprint density at radius 1 is 1.12 bits per heavy atom. The molecule has 0 spiro atoms. The third-order valence-corrected chi connectivity index (χ3v) is 3.69. The van der Waals surface area contributed by atoms with Crippen LogP contribution >= 0.6 is 0 Å². The molecule has 0 amide bonds. The van der Waals surface area contributed by atoms with Crippen LogP contribution in [0.1, 0.15) is 25.1 Å². The molecule has 0 aliphatic rings. The molecule has 0 unspecified atom stereocenters. The molecule has 0 radical (unpaired) electrons. The highest BCUT2D eigenvalue weighted by Crippen LogP contribution is 2.28. The summed E-state index contributed by atoms with van der Waals surface area (Å²) in [5, 5.41) is 6.61. The van der Waals surface area contributed by atoms with Gasteiger partial charge in [-0.2, -0.15) is 0 Å². The van der Waals surface area contributed by atoms with E-state index in [0.717, 1.165) is 48.2 Å². The van der Waals surface area contributed by atoms with Crippen molar-refractivity contribution >= 4 is 5.96 Å². The summed E-state index contributed by atoms with van der Waals surface area (Å²) in [4.78, 5) is 8.98. The lowest BCUT2D eigenvalue weighted by Crippen LogP contribution is -2.38. The van der Waals surface area contributed by atoms with E-state index >= 15 is 0 Å². The van der Waals surface area contributed by atoms with Gasteiger partial charge in [0.15, 0.2) is 17.5 Å². The molecule has 1 heterocycles. The van der Waals surface area contributed by atoms with Gasteiger partial charge in [-0.15, -0.1) is 0 Å². The Bertz CT molecular complexity index is 689. The minimum Gasteiger partial charge on any atom is -0.493 e. The van der Waals surface area contributed by atoms with Crippen molar-refractivity contribution < 1.29 is 9.47 Å². The fraction of sp³-hybridized carbons (Fsp3) is 0.400. The van der Waals surface area contributed by atoms with Gasteiger partial charge in [-0.25, -0.2) is 4.99 Å². The van der Waals surface area contributed by atoms with Crippen molar-refractivity contribution in [3.05, 3.63) is 53.9 Å². The highest BCUT2D eigenvalue weighted by molar-refractivity contribution is 5.79. The summed E-state index contributed by atoms with van der Waals surface area (Å²) in [6, 6.07) is 11.8. The van der Waals surface area contributed by atoms with E-state index in [1.807, 2.05) is 49.5 Å². The summed E-state index contributed by atoms with van der Waals surface area (Å²) in [6.07, 6.45) is 2.66. The van der Waals surface area contributed by atoms with E-state index < -0.39 is 0 Å². The van der Waals surface area contributed by atoms with Crippen LogP contribution in [0.25, 0.3) is 0 Å². The Hall–Kier alpha value is -2.76. The number of hydrogen-bond acceptors (Lipinski definition) is 4. The maximum Gasteiger partial charge on any atom is 0.191 e. The van der Waals surface area contributed by atoms with Gasteiger partial charge in [-0.1, -0.05) is 12.1 Å². The minimum atomic E-state index is 0.559. The van der Waals surface area contributed by atoms with Gasteiger partial charge in [-0.3, -0.25) is 4.98 Å². The first-order valence-electron chi connectivity index (χ1n) is 8.98. The maximum atomic E-state index is 5.63. The number of nitrogens with one attached hydrogen (secondary N) is 2. The zero-order valence-electron chi connectivity index (χ0n) is 15.8. The fourth-order valence-corrected chi connectivity index (χ4v) is 2.45. The quantitative estimate of drug-likeness (QED) is 0.534. The number of nitrogens with zero attached hydrogens (tertiary/aromatic N) is 2.